The minimum Gasteiger partial charge on any atom is -0.326 e. The van der Waals surface area contributed by atoms with Crippen molar-refractivity contribution in [1.29, 1.82) is 0 Å². The molecule has 21 heavy (non-hydrogen) atoms. The van der Waals surface area contributed by atoms with Crippen LogP contribution in [0.5, 0.6) is 0 Å². The summed E-state index contributed by atoms with van der Waals surface area (Å²) >= 11 is 1.58. The third-order valence-corrected chi connectivity index (χ3v) is 4.30. The Kier molecular flexibility index (Phi) is 4.01. The lowest BCUT2D eigenvalue weighted by Gasteiger charge is -2.10. The standard InChI is InChI=1S/C16H16N2O2S/c19-15-5-1-3-11-9-12(6-7-14(11)18-15)17-16(20)10-13-4-2-8-21-13/h2,4,6-9H,1,3,5,10H2,(H,17,20)(H,18,19). The van der Waals surface area contributed by atoms with Gasteiger partial charge in [0.1, 0.15) is 0 Å². The average Bonchev–Trinajstić information content (AvgIpc) is 2.87. The molecular weight excluding hydrogens is 284 g/mol. The lowest BCUT2D eigenvalue weighted by Crippen LogP contribution is -2.14. The van der Waals surface area contributed by atoms with Gasteiger partial charge in [0.25, 0.3) is 0 Å². The number of carbonyl (C=O) groups excluding carboxylic acids is 2. The fourth-order valence-electron chi connectivity index (χ4n) is 2.43. The van der Waals surface area contributed by atoms with E-state index < -0.39 is 0 Å². The summed E-state index contributed by atoms with van der Waals surface area (Å²) in [6, 6.07) is 9.54. The second-order valence-electron chi connectivity index (χ2n) is 5.08. The summed E-state index contributed by atoms with van der Waals surface area (Å²) in [5.74, 6) is 0.0401. The molecule has 0 saturated heterocycles. The van der Waals surface area contributed by atoms with Crippen molar-refractivity contribution in [3.8, 4) is 0 Å². The van der Waals surface area contributed by atoms with Crippen molar-refractivity contribution in [2.45, 2.75) is 25.7 Å². The fourth-order valence-corrected chi connectivity index (χ4v) is 3.13. The van der Waals surface area contributed by atoms with Crippen LogP contribution in [-0.2, 0) is 22.4 Å². The Labute approximate surface area is 127 Å². The molecule has 2 heterocycles. The van der Waals surface area contributed by atoms with E-state index in [1.807, 2.05) is 35.7 Å². The molecule has 1 aliphatic rings. The van der Waals surface area contributed by atoms with Gasteiger partial charge in [-0.15, -0.1) is 11.3 Å². The number of benzene rings is 1. The predicted octanol–water partition coefficient (Wildman–Crippen LogP) is 3.20. The number of hydrogen-bond acceptors (Lipinski definition) is 3. The molecule has 108 valence electrons. The van der Waals surface area contributed by atoms with Crippen molar-refractivity contribution in [1.82, 2.24) is 0 Å². The number of rotatable bonds is 3. The quantitative estimate of drug-likeness (QED) is 0.914. The first kappa shape index (κ1) is 13.8. The maximum absolute atomic E-state index is 12.0. The number of anilines is 2. The van der Waals surface area contributed by atoms with E-state index in [2.05, 4.69) is 10.6 Å². The van der Waals surface area contributed by atoms with E-state index in [0.717, 1.165) is 34.7 Å². The molecule has 0 unspecified atom stereocenters. The van der Waals surface area contributed by atoms with Gasteiger partial charge in [-0.2, -0.15) is 0 Å². The monoisotopic (exact) mass is 300 g/mol. The molecule has 4 nitrogen and oxygen atoms in total. The van der Waals surface area contributed by atoms with Crippen LogP contribution in [0.15, 0.2) is 35.7 Å². The lowest BCUT2D eigenvalue weighted by molar-refractivity contribution is -0.116. The average molecular weight is 300 g/mol. The van der Waals surface area contributed by atoms with Crippen LogP contribution in [0.2, 0.25) is 0 Å². The minimum absolute atomic E-state index is 0.0185. The van der Waals surface area contributed by atoms with Gasteiger partial charge < -0.3 is 10.6 Å². The lowest BCUT2D eigenvalue weighted by atomic mass is 10.1. The first-order chi connectivity index (χ1) is 10.2. The van der Waals surface area contributed by atoms with Crippen LogP contribution >= 0.6 is 11.3 Å². The molecule has 3 rings (SSSR count). The van der Waals surface area contributed by atoms with E-state index in [-0.39, 0.29) is 11.8 Å². The molecule has 0 aliphatic carbocycles. The predicted molar refractivity (Wildman–Crippen MR) is 84.7 cm³/mol. The van der Waals surface area contributed by atoms with Gasteiger partial charge in [-0.05, 0) is 48.1 Å². The smallest absolute Gasteiger partial charge is 0.229 e. The van der Waals surface area contributed by atoms with E-state index >= 15 is 0 Å². The first-order valence-electron chi connectivity index (χ1n) is 6.96. The van der Waals surface area contributed by atoms with E-state index in [4.69, 9.17) is 0 Å². The highest BCUT2D eigenvalue weighted by atomic mass is 32.1. The zero-order chi connectivity index (χ0) is 14.7. The summed E-state index contributed by atoms with van der Waals surface area (Å²) in [5, 5.41) is 7.77. The van der Waals surface area contributed by atoms with Crippen LogP contribution in [-0.4, -0.2) is 11.8 Å². The van der Waals surface area contributed by atoms with Gasteiger partial charge in [0, 0.05) is 22.7 Å². The Hall–Kier alpha value is -2.14. The van der Waals surface area contributed by atoms with Gasteiger partial charge in [-0.3, -0.25) is 9.59 Å². The molecule has 5 heteroatoms. The van der Waals surface area contributed by atoms with Crippen molar-refractivity contribution in [3.63, 3.8) is 0 Å². The second kappa shape index (κ2) is 6.10. The third kappa shape index (κ3) is 3.49. The van der Waals surface area contributed by atoms with Crippen LogP contribution < -0.4 is 10.6 Å². The van der Waals surface area contributed by atoms with Gasteiger partial charge >= 0.3 is 0 Å². The molecule has 0 fully saturated rings. The summed E-state index contributed by atoms with van der Waals surface area (Å²) in [6.07, 6.45) is 2.63. The Morgan fingerprint density at radius 2 is 2.19 bits per heavy atom. The molecule has 2 aromatic rings. The molecular formula is C16H16N2O2S. The normalized spacial score (nSPS) is 14.0. The van der Waals surface area contributed by atoms with E-state index in [9.17, 15) is 9.59 Å². The Morgan fingerprint density at radius 3 is 3.00 bits per heavy atom. The molecule has 1 aliphatic heterocycles. The summed E-state index contributed by atoms with van der Waals surface area (Å²) in [4.78, 5) is 24.6. The van der Waals surface area contributed by atoms with Crippen LogP contribution in [0.1, 0.15) is 23.3 Å². The van der Waals surface area contributed by atoms with Crippen LogP contribution in [0.25, 0.3) is 0 Å². The molecule has 1 aromatic carbocycles. The van der Waals surface area contributed by atoms with Crippen LogP contribution in [0.3, 0.4) is 0 Å². The van der Waals surface area contributed by atoms with E-state index in [0.29, 0.717) is 12.8 Å². The maximum Gasteiger partial charge on any atom is 0.229 e. The van der Waals surface area contributed by atoms with Gasteiger partial charge in [0.05, 0.1) is 6.42 Å². The highest BCUT2D eigenvalue weighted by molar-refractivity contribution is 7.10. The van der Waals surface area contributed by atoms with Gasteiger partial charge in [0.2, 0.25) is 11.8 Å². The van der Waals surface area contributed by atoms with Gasteiger partial charge in [-0.1, -0.05) is 6.07 Å². The van der Waals surface area contributed by atoms with Crippen LogP contribution in [0.4, 0.5) is 11.4 Å². The SMILES string of the molecule is O=C(Cc1cccs1)Nc1ccc2c(c1)CCCC(=O)N2. The van der Waals surface area contributed by atoms with Crippen molar-refractivity contribution >= 4 is 34.5 Å². The number of thiophene rings is 1. The molecule has 1 aromatic heterocycles. The Morgan fingerprint density at radius 1 is 1.29 bits per heavy atom. The maximum atomic E-state index is 12.0. The number of carbonyl (C=O) groups is 2. The fraction of sp³-hybridized carbons (Fsp3) is 0.250. The number of amides is 2. The topological polar surface area (TPSA) is 58.2 Å². The zero-order valence-corrected chi connectivity index (χ0v) is 12.3. The van der Waals surface area contributed by atoms with Crippen molar-refractivity contribution < 1.29 is 9.59 Å². The van der Waals surface area contributed by atoms with Crippen molar-refractivity contribution in [3.05, 3.63) is 46.2 Å². The molecule has 0 bridgehead atoms. The van der Waals surface area contributed by atoms with Gasteiger partial charge in [0.15, 0.2) is 0 Å². The summed E-state index contributed by atoms with van der Waals surface area (Å²) in [6.45, 7) is 0. The number of hydrogen-bond donors (Lipinski definition) is 2. The molecule has 0 radical (unpaired) electrons. The second-order valence-corrected chi connectivity index (χ2v) is 6.11. The minimum atomic E-state index is -0.0185. The third-order valence-electron chi connectivity index (χ3n) is 3.43. The molecule has 0 atom stereocenters. The number of nitrogens with one attached hydrogen (secondary N) is 2. The molecule has 0 saturated carbocycles. The zero-order valence-electron chi connectivity index (χ0n) is 11.5. The van der Waals surface area contributed by atoms with Crippen molar-refractivity contribution in [2.24, 2.45) is 0 Å². The highest BCUT2D eigenvalue weighted by Gasteiger charge is 2.13. The summed E-state index contributed by atoms with van der Waals surface area (Å²) in [7, 11) is 0. The Balaban J connectivity index is 1.70. The van der Waals surface area contributed by atoms with Crippen LogP contribution in [0, 0.1) is 0 Å². The Bertz CT molecular complexity index is 665. The molecule has 0 spiro atoms. The summed E-state index contributed by atoms with van der Waals surface area (Å²) in [5.41, 5.74) is 2.72. The van der Waals surface area contributed by atoms with Gasteiger partial charge in [-0.25, -0.2) is 0 Å². The molecule has 2 amide bonds. The van der Waals surface area contributed by atoms with E-state index in [1.54, 1.807) is 11.3 Å². The number of fused-ring (bicyclic) bond motifs is 1. The van der Waals surface area contributed by atoms with E-state index in [1.165, 1.54) is 0 Å². The highest BCUT2D eigenvalue weighted by Crippen LogP contribution is 2.25. The summed E-state index contributed by atoms with van der Waals surface area (Å²) < 4.78 is 0. The number of aryl methyl sites for hydroxylation is 1. The molecule has 2 N–H and O–H groups in total. The largest absolute Gasteiger partial charge is 0.326 e. The van der Waals surface area contributed by atoms with Crippen molar-refractivity contribution in [2.75, 3.05) is 10.6 Å². The first-order valence-corrected chi connectivity index (χ1v) is 7.84.